The number of piperidine rings is 1. The molecule has 0 aromatic carbocycles. The number of carbonyl (C=O) groups excluding carboxylic acids is 1. The van der Waals surface area contributed by atoms with Crippen LogP contribution in [0.25, 0.3) is 0 Å². The monoisotopic (exact) mass is 397 g/mol. The standard InChI is InChI=1S/C22H32BN3O3/c1-20(2)21(3,4)29-23(28-20)22-8-12-26(15-16(22)14-22)19(27)18-13-17(7-9-24-18)25-10-5-6-11-25/h7,9,13,16H,5-6,8,10-12,14-15H2,1-4H3. The normalized spacial score (nSPS) is 32.4. The van der Waals surface area contributed by atoms with Crippen molar-refractivity contribution in [1.29, 1.82) is 0 Å². The van der Waals surface area contributed by atoms with Gasteiger partial charge in [-0.2, -0.15) is 0 Å². The van der Waals surface area contributed by atoms with Gasteiger partial charge in [0.05, 0.1) is 11.2 Å². The molecule has 7 heteroatoms. The number of pyridine rings is 1. The van der Waals surface area contributed by atoms with Crippen molar-refractivity contribution in [3.63, 3.8) is 0 Å². The highest BCUT2D eigenvalue weighted by molar-refractivity contribution is 6.51. The molecule has 2 atom stereocenters. The number of rotatable bonds is 3. The number of carbonyl (C=O) groups is 1. The summed E-state index contributed by atoms with van der Waals surface area (Å²) in [6, 6.07) is 3.99. The van der Waals surface area contributed by atoms with Crippen molar-refractivity contribution in [1.82, 2.24) is 9.88 Å². The predicted molar refractivity (Wildman–Crippen MR) is 113 cm³/mol. The molecule has 0 spiro atoms. The maximum atomic E-state index is 13.1. The molecule has 29 heavy (non-hydrogen) atoms. The zero-order valence-electron chi connectivity index (χ0n) is 18.1. The Labute approximate surface area is 174 Å². The van der Waals surface area contributed by atoms with Gasteiger partial charge in [-0.25, -0.2) is 0 Å². The Hall–Kier alpha value is -1.60. The van der Waals surface area contributed by atoms with E-state index in [-0.39, 0.29) is 29.5 Å². The van der Waals surface area contributed by atoms with E-state index in [1.165, 1.54) is 12.8 Å². The largest absolute Gasteiger partial charge is 0.464 e. The zero-order valence-corrected chi connectivity index (χ0v) is 18.1. The molecule has 1 saturated carbocycles. The summed E-state index contributed by atoms with van der Waals surface area (Å²) >= 11 is 0. The summed E-state index contributed by atoms with van der Waals surface area (Å²) < 4.78 is 12.7. The van der Waals surface area contributed by atoms with Gasteiger partial charge < -0.3 is 19.1 Å². The zero-order chi connectivity index (χ0) is 20.4. The highest BCUT2D eigenvalue weighted by atomic mass is 16.7. The molecule has 1 amide bonds. The van der Waals surface area contributed by atoms with E-state index in [0.717, 1.165) is 44.7 Å². The smallest absolute Gasteiger partial charge is 0.403 e. The van der Waals surface area contributed by atoms with Gasteiger partial charge in [0.2, 0.25) is 0 Å². The third-order valence-electron chi connectivity index (χ3n) is 8.01. The molecule has 5 rings (SSSR count). The number of aromatic nitrogens is 1. The van der Waals surface area contributed by atoms with Gasteiger partial charge >= 0.3 is 7.12 Å². The first kappa shape index (κ1) is 19.4. The number of nitrogens with zero attached hydrogens (tertiary/aromatic N) is 3. The molecule has 4 heterocycles. The molecule has 3 aliphatic heterocycles. The van der Waals surface area contributed by atoms with Gasteiger partial charge in [-0.1, -0.05) is 0 Å². The van der Waals surface area contributed by atoms with E-state index in [1.807, 2.05) is 17.0 Å². The Kier molecular flexibility index (Phi) is 4.31. The minimum absolute atomic E-state index is 0.0560. The quantitative estimate of drug-likeness (QED) is 0.732. The Morgan fingerprint density at radius 2 is 1.83 bits per heavy atom. The lowest BCUT2D eigenvalue weighted by atomic mass is 9.63. The van der Waals surface area contributed by atoms with Gasteiger partial charge in [-0.3, -0.25) is 9.78 Å². The Morgan fingerprint density at radius 3 is 2.48 bits per heavy atom. The lowest BCUT2D eigenvalue weighted by molar-refractivity contribution is 0.00578. The third kappa shape index (κ3) is 3.08. The van der Waals surface area contributed by atoms with Crippen LogP contribution < -0.4 is 4.90 Å². The Bertz CT molecular complexity index is 807. The van der Waals surface area contributed by atoms with Gasteiger partial charge in [0, 0.05) is 43.4 Å². The van der Waals surface area contributed by atoms with Crippen LogP contribution in [0, 0.1) is 5.92 Å². The Morgan fingerprint density at radius 1 is 1.14 bits per heavy atom. The summed E-state index contributed by atoms with van der Waals surface area (Å²) in [5, 5.41) is 0.0760. The lowest BCUT2D eigenvalue weighted by Gasteiger charge is -2.32. The van der Waals surface area contributed by atoms with Gasteiger partial charge in [0.15, 0.2) is 0 Å². The molecule has 0 radical (unpaired) electrons. The first-order valence-electron chi connectivity index (χ1n) is 11.1. The van der Waals surface area contributed by atoms with E-state index in [4.69, 9.17) is 9.31 Å². The minimum Gasteiger partial charge on any atom is -0.403 e. The first-order chi connectivity index (χ1) is 13.7. The average Bonchev–Trinajstić information content (AvgIpc) is 3.06. The second kappa shape index (κ2) is 6.45. The van der Waals surface area contributed by atoms with Crippen LogP contribution in [-0.4, -0.2) is 60.3 Å². The van der Waals surface area contributed by atoms with Gasteiger partial charge in [-0.15, -0.1) is 0 Å². The second-order valence-electron chi connectivity index (χ2n) is 10.3. The van der Waals surface area contributed by atoms with Crippen LogP contribution in [0.1, 0.15) is 63.9 Å². The number of hydrogen-bond acceptors (Lipinski definition) is 5. The number of hydrogen-bond donors (Lipinski definition) is 0. The summed E-state index contributed by atoms with van der Waals surface area (Å²) in [6.07, 6.45) is 6.23. The summed E-state index contributed by atoms with van der Waals surface area (Å²) in [5.74, 6) is 0.511. The fraction of sp³-hybridized carbons (Fsp3) is 0.727. The topological polar surface area (TPSA) is 54.9 Å². The molecular formula is C22H32BN3O3. The van der Waals surface area contributed by atoms with Crippen LogP contribution in [-0.2, 0) is 9.31 Å². The predicted octanol–water partition coefficient (Wildman–Crippen LogP) is 3.38. The molecule has 1 aromatic heterocycles. The van der Waals surface area contributed by atoms with Crippen molar-refractivity contribution in [2.75, 3.05) is 31.1 Å². The van der Waals surface area contributed by atoms with Crippen molar-refractivity contribution in [3.8, 4) is 0 Å². The van der Waals surface area contributed by atoms with Crippen molar-refractivity contribution in [3.05, 3.63) is 24.0 Å². The van der Waals surface area contributed by atoms with Gasteiger partial charge in [-0.05, 0) is 71.4 Å². The van der Waals surface area contributed by atoms with Crippen LogP contribution >= 0.6 is 0 Å². The van der Waals surface area contributed by atoms with Crippen molar-refractivity contribution in [2.45, 2.75) is 69.9 Å². The molecule has 3 saturated heterocycles. The summed E-state index contributed by atoms with van der Waals surface area (Å²) in [6.45, 7) is 12.1. The van der Waals surface area contributed by atoms with Crippen LogP contribution in [0.15, 0.2) is 18.3 Å². The maximum absolute atomic E-state index is 13.1. The number of likely N-dealkylation sites (tertiary alicyclic amines) is 1. The molecule has 0 N–H and O–H groups in total. The average molecular weight is 397 g/mol. The van der Waals surface area contributed by atoms with Gasteiger partial charge in [0.1, 0.15) is 5.69 Å². The highest BCUT2D eigenvalue weighted by Gasteiger charge is 2.70. The minimum atomic E-state index is -0.299. The first-order valence-corrected chi connectivity index (χ1v) is 11.1. The fourth-order valence-corrected chi connectivity index (χ4v) is 5.19. The van der Waals surface area contributed by atoms with Crippen LogP contribution in [0.5, 0.6) is 0 Å². The van der Waals surface area contributed by atoms with Crippen molar-refractivity contribution < 1.29 is 14.1 Å². The van der Waals surface area contributed by atoms with Crippen LogP contribution in [0.4, 0.5) is 5.69 Å². The maximum Gasteiger partial charge on any atom is 0.464 e. The molecule has 2 unspecified atom stereocenters. The number of anilines is 1. The summed E-state index contributed by atoms with van der Waals surface area (Å²) in [7, 11) is -0.161. The van der Waals surface area contributed by atoms with Crippen LogP contribution in [0.3, 0.4) is 0 Å². The van der Waals surface area contributed by atoms with E-state index in [1.54, 1.807) is 6.20 Å². The highest BCUT2D eigenvalue weighted by Crippen LogP contribution is 2.69. The fourth-order valence-electron chi connectivity index (χ4n) is 5.19. The van der Waals surface area contributed by atoms with Gasteiger partial charge in [0.25, 0.3) is 5.91 Å². The molecule has 1 aliphatic carbocycles. The number of fused-ring (bicyclic) bond motifs is 1. The molecule has 4 aliphatic rings. The van der Waals surface area contributed by atoms with E-state index in [9.17, 15) is 4.79 Å². The molecule has 0 bridgehead atoms. The SMILES string of the molecule is CC1(C)OB(C23CCN(C(=O)c4cc(N5CCCC5)ccn4)CC2C3)OC1(C)C. The molecule has 6 nitrogen and oxygen atoms in total. The third-order valence-corrected chi connectivity index (χ3v) is 8.01. The number of amides is 1. The molecule has 1 aromatic rings. The van der Waals surface area contributed by atoms with E-state index in [2.05, 4.69) is 37.6 Å². The molecule has 4 fully saturated rings. The van der Waals surface area contributed by atoms with E-state index in [0.29, 0.717) is 11.6 Å². The van der Waals surface area contributed by atoms with E-state index >= 15 is 0 Å². The van der Waals surface area contributed by atoms with Crippen molar-refractivity contribution in [2.24, 2.45) is 5.92 Å². The summed E-state index contributed by atoms with van der Waals surface area (Å²) in [4.78, 5) is 21.9. The molecule has 156 valence electrons. The Balaban J connectivity index is 1.26. The van der Waals surface area contributed by atoms with E-state index < -0.39 is 0 Å². The van der Waals surface area contributed by atoms with Crippen LogP contribution in [0.2, 0.25) is 5.31 Å². The lowest BCUT2D eigenvalue weighted by Crippen LogP contribution is -2.42. The second-order valence-corrected chi connectivity index (χ2v) is 10.3. The molecular weight excluding hydrogens is 365 g/mol. The summed E-state index contributed by atoms with van der Waals surface area (Å²) in [5.41, 5.74) is 1.09. The van der Waals surface area contributed by atoms with Crippen molar-refractivity contribution >= 4 is 18.7 Å².